The molecule has 0 spiro atoms. The monoisotopic (exact) mass is 271 g/mol. The van der Waals surface area contributed by atoms with Crippen molar-refractivity contribution in [2.75, 3.05) is 0 Å². The second-order valence-corrected chi connectivity index (χ2v) is 5.56. The van der Waals surface area contributed by atoms with Gasteiger partial charge in [-0.2, -0.15) is 5.26 Å². The molecule has 1 heterocycles. The molecule has 0 radical (unpaired) electrons. The van der Waals surface area contributed by atoms with Gasteiger partial charge in [0.25, 0.3) is 0 Å². The lowest BCUT2D eigenvalue weighted by molar-refractivity contribution is 0.492. The van der Waals surface area contributed by atoms with Crippen molar-refractivity contribution in [3.05, 3.63) is 51.5 Å². The predicted molar refractivity (Wildman–Crippen MR) is 78.0 cm³/mol. The number of hydrogen-bond donors (Lipinski definition) is 1. The van der Waals surface area contributed by atoms with E-state index in [0.717, 1.165) is 16.3 Å². The molecule has 98 valence electrons. The standard InChI is InChI=1S/C15H17N3S/c1-10-9-19-15(17-10)12(3)18-11(2)14-6-4-5-13(7-14)8-16/h4-7,9,11-12,18H,1-3H3. The van der Waals surface area contributed by atoms with Crippen molar-refractivity contribution in [1.29, 1.82) is 5.26 Å². The lowest BCUT2D eigenvalue weighted by Crippen LogP contribution is -2.22. The molecule has 0 fully saturated rings. The number of thiazole rings is 1. The van der Waals surface area contributed by atoms with Crippen LogP contribution in [0.4, 0.5) is 0 Å². The normalized spacial score (nSPS) is 13.8. The van der Waals surface area contributed by atoms with Crippen LogP contribution in [0.15, 0.2) is 29.6 Å². The molecule has 2 unspecified atom stereocenters. The molecule has 0 saturated carbocycles. The first-order chi connectivity index (χ1) is 9.10. The van der Waals surface area contributed by atoms with Gasteiger partial charge in [0.1, 0.15) is 5.01 Å². The highest BCUT2D eigenvalue weighted by Crippen LogP contribution is 2.22. The summed E-state index contributed by atoms with van der Waals surface area (Å²) in [6.07, 6.45) is 0. The van der Waals surface area contributed by atoms with Gasteiger partial charge in [0.05, 0.1) is 17.7 Å². The summed E-state index contributed by atoms with van der Waals surface area (Å²) in [4.78, 5) is 4.49. The Morgan fingerprint density at radius 1 is 1.32 bits per heavy atom. The van der Waals surface area contributed by atoms with E-state index in [1.165, 1.54) is 0 Å². The molecule has 0 aliphatic heterocycles. The van der Waals surface area contributed by atoms with Gasteiger partial charge in [0.2, 0.25) is 0 Å². The minimum Gasteiger partial charge on any atom is -0.302 e. The van der Waals surface area contributed by atoms with Gasteiger partial charge in [-0.25, -0.2) is 4.98 Å². The largest absolute Gasteiger partial charge is 0.302 e. The number of nitriles is 1. The molecule has 2 rings (SSSR count). The molecule has 0 saturated heterocycles. The van der Waals surface area contributed by atoms with Crippen molar-refractivity contribution in [3.63, 3.8) is 0 Å². The first kappa shape index (κ1) is 13.7. The maximum atomic E-state index is 8.93. The first-order valence-electron chi connectivity index (χ1n) is 6.28. The quantitative estimate of drug-likeness (QED) is 0.921. The highest BCUT2D eigenvalue weighted by Gasteiger charge is 2.13. The summed E-state index contributed by atoms with van der Waals surface area (Å²) in [6.45, 7) is 6.23. The fourth-order valence-electron chi connectivity index (χ4n) is 1.99. The van der Waals surface area contributed by atoms with Gasteiger partial charge in [0, 0.05) is 17.1 Å². The maximum Gasteiger partial charge on any atom is 0.110 e. The van der Waals surface area contributed by atoms with Crippen LogP contribution >= 0.6 is 11.3 Å². The Labute approximate surface area is 117 Å². The Morgan fingerprint density at radius 3 is 2.74 bits per heavy atom. The fourth-order valence-corrected chi connectivity index (χ4v) is 2.80. The molecule has 3 nitrogen and oxygen atoms in total. The van der Waals surface area contributed by atoms with Crippen molar-refractivity contribution in [3.8, 4) is 6.07 Å². The topological polar surface area (TPSA) is 48.7 Å². The van der Waals surface area contributed by atoms with E-state index in [2.05, 4.69) is 35.6 Å². The van der Waals surface area contributed by atoms with E-state index in [0.29, 0.717) is 5.56 Å². The third kappa shape index (κ3) is 3.40. The Kier molecular flexibility index (Phi) is 4.31. The summed E-state index contributed by atoms with van der Waals surface area (Å²) in [5.41, 5.74) is 2.89. The number of nitrogens with one attached hydrogen (secondary N) is 1. The average molecular weight is 271 g/mol. The number of rotatable bonds is 4. The maximum absolute atomic E-state index is 8.93. The van der Waals surface area contributed by atoms with Gasteiger partial charge < -0.3 is 5.32 Å². The van der Waals surface area contributed by atoms with E-state index in [1.54, 1.807) is 11.3 Å². The molecule has 0 aliphatic rings. The summed E-state index contributed by atoms with van der Waals surface area (Å²) in [5, 5.41) is 15.6. The molecular formula is C15H17N3S. The Hall–Kier alpha value is -1.70. The Balaban J connectivity index is 2.08. The number of hydrogen-bond acceptors (Lipinski definition) is 4. The van der Waals surface area contributed by atoms with Gasteiger partial charge in [-0.1, -0.05) is 12.1 Å². The molecule has 1 aromatic carbocycles. The zero-order valence-corrected chi connectivity index (χ0v) is 12.2. The molecular weight excluding hydrogens is 254 g/mol. The van der Waals surface area contributed by atoms with E-state index in [9.17, 15) is 0 Å². The lowest BCUT2D eigenvalue weighted by Gasteiger charge is -2.19. The SMILES string of the molecule is Cc1csc(C(C)NC(C)c2cccc(C#N)c2)n1. The van der Waals surface area contributed by atoms with E-state index in [4.69, 9.17) is 5.26 Å². The summed E-state index contributed by atoms with van der Waals surface area (Å²) in [7, 11) is 0. The van der Waals surface area contributed by atoms with Crippen LogP contribution < -0.4 is 5.32 Å². The smallest absolute Gasteiger partial charge is 0.110 e. The number of aromatic nitrogens is 1. The first-order valence-corrected chi connectivity index (χ1v) is 7.16. The zero-order chi connectivity index (χ0) is 13.8. The molecule has 2 atom stereocenters. The van der Waals surface area contributed by atoms with Crippen molar-refractivity contribution in [2.24, 2.45) is 0 Å². The number of aryl methyl sites for hydroxylation is 1. The van der Waals surface area contributed by atoms with Gasteiger partial charge in [0.15, 0.2) is 0 Å². The van der Waals surface area contributed by atoms with Crippen LogP contribution in [-0.2, 0) is 0 Å². The van der Waals surface area contributed by atoms with Crippen LogP contribution in [-0.4, -0.2) is 4.98 Å². The zero-order valence-electron chi connectivity index (χ0n) is 11.3. The lowest BCUT2D eigenvalue weighted by atomic mass is 10.1. The second kappa shape index (κ2) is 5.96. The van der Waals surface area contributed by atoms with Crippen LogP contribution in [0.25, 0.3) is 0 Å². The molecule has 1 aromatic heterocycles. The fraction of sp³-hybridized carbons (Fsp3) is 0.333. The van der Waals surface area contributed by atoms with E-state index in [-0.39, 0.29) is 12.1 Å². The van der Waals surface area contributed by atoms with E-state index in [1.807, 2.05) is 31.2 Å². The molecule has 1 N–H and O–H groups in total. The van der Waals surface area contributed by atoms with Gasteiger partial charge >= 0.3 is 0 Å². The summed E-state index contributed by atoms with van der Waals surface area (Å²) in [6, 6.07) is 10.3. The van der Waals surface area contributed by atoms with Crippen molar-refractivity contribution >= 4 is 11.3 Å². The van der Waals surface area contributed by atoms with Crippen LogP contribution in [0, 0.1) is 18.3 Å². The van der Waals surface area contributed by atoms with E-state index < -0.39 is 0 Å². The number of benzene rings is 1. The summed E-state index contributed by atoms with van der Waals surface area (Å²) >= 11 is 1.68. The Bertz CT molecular complexity index is 597. The van der Waals surface area contributed by atoms with E-state index >= 15 is 0 Å². The van der Waals surface area contributed by atoms with Gasteiger partial charge in [-0.05, 0) is 38.5 Å². The molecule has 2 aromatic rings. The highest BCUT2D eigenvalue weighted by molar-refractivity contribution is 7.09. The molecule has 0 amide bonds. The van der Waals surface area contributed by atoms with Crippen molar-refractivity contribution < 1.29 is 0 Å². The second-order valence-electron chi connectivity index (χ2n) is 4.67. The molecule has 0 bridgehead atoms. The molecule has 4 heteroatoms. The van der Waals surface area contributed by atoms with Crippen molar-refractivity contribution in [2.45, 2.75) is 32.9 Å². The molecule has 0 aliphatic carbocycles. The third-order valence-corrected chi connectivity index (χ3v) is 4.17. The van der Waals surface area contributed by atoms with Gasteiger partial charge in [-0.15, -0.1) is 11.3 Å². The van der Waals surface area contributed by atoms with Crippen molar-refractivity contribution in [1.82, 2.24) is 10.3 Å². The minimum atomic E-state index is 0.188. The predicted octanol–water partition coefficient (Wildman–Crippen LogP) is 3.74. The summed E-state index contributed by atoms with van der Waals surface area (Å²) in [5.74, 6) is 0. The van der Waals surface area contributed by atoms with Crippen LogP contribution in [0.1, 0.15) is 47.8 Å². The number of nitrogens with zero attached hydrogens (tertiary/aromatic N) is 2. The average Bonchev–Trinajstić information content (AvgIpc) is 2.85. The third-order valence-electron chi connectivity index (χ3n) is 3.02. The minimum absolute atomic E-state index is 0.188. The summed E-state index contributed by atoms with van der Waals surface area (Å²) < 4.78 is 0. The molecule has 19 heavy (non-hydrogen) atoms. The van der Waals surface area contributed by atoms with Crippen LogP contribution in [0.3, 0.4) is 0 Å². The van der Waals surface area contributed by atoms with Gasteiger partial charge in [-0.3, -0.25) is 0 Å². The Morgan fingerprint density at radius 2 is 2.11 bits per heavy atom. The van der Waals surface area contributed by atoms with Crippen LogP contribution in [0.2, 0.25) is 0 Å². The highest BCUT2D eigenvalue weighted by atomic mass is 32.1. The van der Waals surface area contributed by atoms with Crippen LogP contribution in [0.5, 0.6) is 0 Å².